The highest BCUT2D eigenvalue weighted by atomic mass is 19.1. The van der Waals surface area contributed by atoms with Gasteiger partial charge in [-0.05, 0) is 31.2 Å². The normalized spacial score (nSPS) is 14.2. The fourth-order valence-electron chi connectivity index (χ4n) is 2.12. The maximum atomic E-state index is 13.0. The van der Waals surface area contributed by atoms with E-state index < -0.39 is 0 Å². The number of nitrogens with zero attached hydrogens (tertiary/aromatic N) is 1. The molecule has 0 saturated carbocycles. The van der Waals surface area contributed by atoms with Gasteiger partial charge in [-0.15, -0.1) is 0 Å². The number of rotatable bonds is 6. The summed E-state index contributed by atoms with van der Waals surface area (Å²) in [6, 6.07) is 6.05. The fourth-order valence-corrected chi connectivity index (χ4v) is 2.12. The summed E-state index contributed by atoms with van der Waals surface area (Å²) in [4.78, 5) is 13.4. The number of hydrogen-bond acceptors (Lipinski definition) is 3. The molecule has 1 rings (SSSR count). The van der Waals surface area contributed by atoms with Crippen LogP contribution in [0.2, 0.25) is 0 Å². The molecule has 2 unspecified atom stereocenters. The first kappa shape index (κ1) is 15.6. The molecule has 0 heterocycles. The lowest BCUT2D eigenvalue weighted by atomic mass is 9.96. The van der Waals surface area contributed by atoms with E-state index in [0.29, 0.717) is 0 Å². The number of nitrogens with one attached hydrogen (secondary N) is 1. The highest BCUT2D eigenvalue weighted by Gasteiger charge is 2.24. The molecular weight excluding hydrogens is 245 g/mol. The van der Waals surface area contributed by atoms with Crippen molar-refractivity contribution in [3.05, 3.63) is 35.6 Å². The Morgan fingerprint density at radius 2 is 2.00 bits per heavy atom. The zero-order valence-corrected chi connectivity index (χ0v) is 11.7. The van der Waals surface area contributed by atoms with Gasteiger partial charge >= 0.3 is 0 Å². The highest BCUT2D eigenvalue weighted by Crippen LogP contribution is 2.23. The summed E-state index contributed by atoms with van der Waals surface area (Å²) < 4.78 is 13.0. The first-order valence-corrected chi connectivity index (χ1v) is 6.41. The molecule has 0 aromatic heterocycles. The highest BCUT2D eigenvalue weighted by molar-refractivity contribution is 5.77. The van der Waals surface area contributed by atoms with Gasteiger partial charge in [-0.25, -0.2) is 4.39 Å². The summed E-state index contributed by atoms with van der Waals surface area (Å²) in [6.45, 7) is 2.25. The minimum atomic E-state index is -0.276. The third-order valence-electron chi connectivity index (χ3n) is 3.24. The minimum absolute atomic E-state index is 0.0714. The Kier molecular flexibility index (Phi) is 5.92. The molecule has 4 nitrogen and oxygen atoms in total. The van der Waals surface area contributed by atoms with Crippen molar-refractivity contribution in [3.63, 3.8) is 0 Å². The van der Waals surface area contributed by atoms with Crippen molar-refractivity contribution in [2.75, 3.05) is 20.6 Å². The predicted molar refractivity (Wildman–Crippen MR) is 74.1 cm³/mol. The van der Waals surface area contributed by atoms with E-state index >= 15 is 0 Å². The molecule has 0 saturated heterocycles. The molecule has 0 spiro atoms. The van der Waals surface area contributed by atoms with E-state index in [0.717, 1.165) is 12.0 Å². The molecule has 1 aromatic rings. The van der Waals surface area contributed by atoms with Crippen molar-refractivity contribution in [2.24, 2.45) is 5.73 Å². The molecule has 1 amide bonds. The van der Waals surface area contributed by atoms with Crippen LogP contribution in [0.4, 0.5) is 4.39 Å². The zero-order valence-electron chi connectivity index (χ0n) is 11.7. The average molecular weight is 267 g/mol. The molecule has 1 aromatic carbocycles. The van der Waals surface area contributed by atoms with Crippen molar-refractivity contribution in [3.8, 4) is 0 Å². The topological polar surface area (TPSA) is 58.4 Å². The Morgan fingerprint density at radius 3 is 2.47 bits per heavy atom. The molecule has 5 heteroatoms. The van der Waals surface area contributed by atoms with E-state index in [2.05, 4.69) is 5.32 Å². The van der Waals surface area contributed by atoms with E-state index in [1.807, 2.05) is 18.9 Å². The van der Waals surface area contributed by atoms with E-state index in [1.165, 1.54) is 12.1 Å². The summed E-state index contributed by atoms with van der Waals surface area (Å²) in [6.07, 6.45) is 0.778. The molecule has 0 fully saturated rings. The van der Waals surface area contributed by atoms with E-state index in [1.54, 1.807) is 19.2 Å². The third-order valence-corrected chi connectivity index (χ3v) is 3.24. The van der Waals surface area contributed by atoms with E-state index in [4.69, 9.17) is 5.73 Å². The van der Waals surface area contributed by atoms with Gasteiger partial charge in [0.25, 0.3) is 0 Å². The molecular formula is C14H22FN3O. The molecule has 0 radical (unpaired) electrons. The molecule has 19 heavy (non-hydrogen) atoms. The summed E-state index contributed by atoms with van der Waals surface area (Å²) >= 11 is 0. The first-order chi connectivity index (χ1) is 8.99. The van der Waals surface area contributed by atoms with Crippen LogP contribution >= 0.6 is 0 Å². The number of halogens is 1. The van der Waals surface area contributed by atoms with Gasteiger partial charge in [-0.2, -0.15) is 0 Å². The molecule has 0 aliphatic carbocycles. The van der Waals surface area contributed by atoms with Gasteiger partial charge in [0.2, 0.25) is 5.91 Å². The molecule has 106 valence electrons. The number of likely N-dealkylation sites (N-methyl/N-ethyl adjacent to an activating group) is 2. The second kappa shape index (κ2) is 7.21. The predicted octanol–water partition coefficient (Wildman–Crippen LogP) is 1.28. The summed E-state index contributed by atoms with van der Waals surface area (Å²) in [5.41, 5.74) is 7.06. The van der Waals surface area contributed by atoms with Gasteiger partial charge < -0.3 is 11.1 Å². The van der Waals surface area contributed by atoms with Crippen LogP contribution in [-0.2, 0) is 4.79 Å². The zero-order chi connectivity index (χ0) is 14.4. The van der Waals surface area contributed by atoms with Crippen LogP contribution in [0, 0.1) is 5.82 Å². The van der Waals surface area contributed by atoms with Crippen LogP contribution in [0.15, 0.2) is 24.3 Å². The smallest absolute Gasteiger partial charge is 0.233 e. The van der Waals surface area contributed by atoms with Gasteiger partial charge in [-0.3, -0.25) is 9.69 Å². The van der Waals surface area contributed by atoms with Crippen molar-refractivity contribution in [1.82, 2.24) is 10.2 Å². The minimum Gasteiger partial charge on any atom is -0.358 e. The Morgan fingerprint density at radius 1 is 1.42 bits per heavy atom. The first-order valence-electron chi connectivity index (χ1n) is 6.41. The van der Waals surface area contributed by atoms with Gasteiger partial charge in [0.15, 0.2) is 0 Å². The molecule has 3 N–H and O–H groups in total. The van der Waals surface area contributed by atoms with Crippen LogP contribution in [0.1, 0.15) is 24.9 Å². The van der Waals surface area contributed by atoms with Gasteiger partial charge in [0.05, 0.1) is 12.6 Å². The number of carbonyl (C=O) groups is 1. The molecule has 0 aliphatic rings. The van der Waals surface area contributed by atoms with E-state index in [-0.39, 0.29) is 30.4 Å². The summed E-state index contributed by atoms with van der Waals surface area (Å²) in [7, 11) is 3.45. The molecule has 0 bridgehead atoms. The Bertz CT molecular complexity index is 408. The van der Waals surface area contributed by atoms with Crippen molar-refractivity contribution >= 4 is 5.91 Å². The number of carbonyl (C=O) groups excluding carboxylic acids is 1. The van der Waals surface area contributed by atoms with Crippen LogP contribution in [0.5, 0.6) is 0 Å². The van der Waals surface area contributed by atoms with Gasteiger partial charge in [0, 0.05) is 13.1 Å². The van der Waals surface area contributed by atoms with Gasteiger partial charge in [-0.1, -0.05) is 19.1 Å². The van der Waals surface area contributed by atoms with Crippen LogP contribution in [0.3, 0.4) is 0 Å². The molecule has 2 atom stereocenters. The van der Waals surface area contributed by atoms with Crippen molar-refractivity contribution in [1.29, 1.82) is 0 Å². The second-order valence-corrected chi connectivity index (χ2v) is 4.66. The van der Waals surface area contributed by atoms with Crippen LogP contribution in [-0.4, -0.2) is 37.5 Å². The monoisotopic (exact) mass is 267 g/mol. The number of benzene rings is 1. The largest absolute Gasteiger partial charge is 0.358 e. The number of amides is 1. The fraction of sp³-hybridized carbons (Fsp3) is 0.500. The Hall–Kier alpha value is -1.46. The second-order valence-electron chi connectivity index (χ2n) is 4.66. The van der Waals surface area contributed by atoms with Crippen LogP contribution < -0.4 is 11.1 Å². The lowest BCUT2D eigenvalue weighted by Crippen LogP contribution is -2.43. The lowest BCUT2D eigenvalue weighted by molar-refractivity contribution is -0.122. The summed E-state index contributed by atoms with van der Waals surface area (Å²) in [5.74, 6) is -0.348. The van der Waals surface area contributed by atoms with Crippen molar-refractivity contribution in [2.45, 2.75) is 25.4 Å². The number of hydrogen-bond donors (Lipinski definition) is 2. The maximum absolute atomic E-state index is 13.0. The van der Waals surface area contributed by atoms with Gasteiger partial charge in [0.1, 0.15) is 5.82 Å². The molecule has 0 aliphatic heterocycles. The van der Waals surface area contributed by atoms with Crippen molar-refractivity contribution < 1.29 is 9.18 Å². The third kappa shape index (κ3) is 4.29. The Balaban J connectivity index is 2.94. The summed E-state index contributed by atoms with van der Waals surface area (Å²) in [5, 5.41) is 2.59. The van der Waals surface area contributed by atoms with E-state index in [9.17, 15) is 9.18 Å². The maximum Gasteiger partial charge on any atom is 0.233 e. The number of nitrogens with two attached hydrogens (primary N) is 1. The Labute approximate surface area is 113 Å². The SMILES string of the molecule is CCC(N)C(c1ccc(F)cc1)N(C)CC(=O)NC. The lowest BCUT2D eigenvalue weighted by Gasteiger charge is -2.32. The average Bonchev–Trinajstić information content (AvgIpc) is 2.40. The standard InChI is InChI=1S/C14H22FN3O/c1-4-12(16)14(18(3)9-13(19)17-2)10-5-7-11(15)8-6-10/h5-8,12,14H,4,9,16H2,1-3H3,(H,17,19). The quantitative estimate of drug-likeness (QED) is 0.816. The van der Waals surface area contributed by atoms with Crippen LogP contribution in [0.25, 0.3) is 0 Å².